The molecule has 1 aromatic rings. The third kappa shape index (κ3) is 1.73. The Morgan fingerprint density at radius 2 is 1.86 bits per heavy atom. The molecule has 0 heterocycles. The fourth-order valence-electron chi connectivity index (χ4n) is 2.24. The molecule has 1 aromatic carbocycles. The summed E-state index contributed by atoms with van der Waals surface area (Å²) in [6.07, 6.45) is 3.53. The largest absolute Gasteiger partial charge is 0.324 e. The molecule has 2 atom stereocenters. The number of nitrogens with two attached hydrogens (primary N) is 1. The van der Waals surface area contributed by atoms with Crippen LogP contribution in [0.4, 0.5) is 0 Å². The molecule has 0 aromatic heterocycles. The lowest BCUT2D eigenvalue weighted by Crippen LogP contribution is -2.29. The van der Waals surface area contributed by atoms with E-state index < -0.39 is 0 Å². The minimum Gasteiger partial charge on any atom is -0.324 e. The van der Waals surface area contributed by atoms with Crippen molar-refractivity contribution in [1.29, 1.82) is 0 Å². The van der Waals surface area contributed by atoms with Crippen LogP contribution in [0.25, 0.3) is 0 Å². The maximum absolute atomic E-state index is 6.01. The van der Waals surface area contributed by atoms with Gasteiger partial charge < -0.3 is 5.73 Å². The van der Waals surface area contributed by atoms with Gasteiger partial charge in [-0.15, -0.1) is 0 Å². The number of rotatable bonds is 1. The van der Waals surface area contributed by atoms with Gasteiger partial charge in [0.2, 0.25) is 0 Å². The average Bonchev–Trinajstić information content (AvgIpc) is 2.23. The van der Waals surface area contributed by atoms with Crippen LogP contribution in [0.5, 0.6) is 0 Å². The van der Waals surface area contributed by atoms with Crippen molar-refractivity contribution in [1.82, 2.24) is 0 Å². The Hall–Kier alpha value is -1.08. The second-order valence-corrected chi connectivity index (χ2v) is 4.08. The van der Waals surface area contributed by atoms with Crippen molar-refractivity contribution in [2.75, 3.05) is 0 Å². The van der Waals surface area contributed by atoms with E-state index >= 15 is 0 Å². The standard InChI is InChI=1S/C13H17N/c1-10-12(8-5-9-13(10)14)11-6-3-2-4-7-11/h2-4,6-7,12-13H,1,5,8-9,14H2/t12-,13+/m1/s1. The molecule has 0 unspecified atom stereocenters. The zero-order chi connectivity index (χ0) is 9.97. The van der Waals surface area contributed by atoms with E-state index in [2.05, 4.69) is 36.9 Å². The van der Waals surface area contributed by atoms with Crippen molar-refractivity contribution in [3.05, 3.63) is 48.0 Å². The predicted molar refractivity (Wildman–Crippen MR) is 60.1 cm³/mol. The minimum atomic E-state index is 0.203. The van der Waals surface area contributed by atoms with Gasteiger partial charge in [-0.1, -0.05) is 48.9 Å². The van der Waals surface area contributed by atoms with Crippen LogP contribution in [0.3, 0.4) is 0 Å². The molecule has 1 heteroatoms. The lowest BCUT2D eigenvalue weighted by molar-refractivity contribution is 0.492. The summed E-state index contributed by atoms with van der Waals surface area (Å²) in [6, 6.07) is 10.8. The van der Waals surface area contributed by atoms with Crippen LogP contribution < -0.4 is 5.73 Å². The molecule has 1 nitrogen and oxygen atoms in total. The normalized spacial score (nSPS) is 27.6. The van der Waals surface area contributed by atoms with Gasteiger partial charge in [-0.05, 0) is 18.4 Å². The van der Waals surface area contributed by atoms with Gasteiger partial charge in [-0.3, -0.25) is 0 Å². The SMILES string of the molecule is C=C1[C@H](c2ccccc2)CCC[C@@H]1N. The summed E-state index contributed by atoms with van der Waals surface area (Å²) >= 11 is 0. The Bertz CT molecular complexity index is 315. The van der Waals surface area contributed by atoms with E-state index in [0.717, 1.165) is 6.42 Å². The van der Waals surface area contributed by atoms with Crippen molar-refractivity contribution < 1.29 is 0 Å². The maximum Gasteiger partial charge on any atom is 0.0256 e. The van der Waals surface area contributed by atoms with E-state index in [1.165, 1.54) is 24.0 Å². The highest BCUT2D eigenvalue weighted by Crippen LogP contribution is 2.35. The summed E-state index contributed by atoms with van der Waals surface area (Å²) in [5, 5.41) is 0. The molecule has 1 saturated carbocycles. The minimum absolute atomic E-state index is 0.203. The highest BCUT2D eigenvalue weighted by molar-refractivity contribution is 5.31. The maximum atomic E-state index is 6.01. The average molecular weight is 187 g/mol. The van der Waals surface area contributed by atoms with Crippen LogP contribution in [0.15, 0.2) is 42.5 Å². The topological polar surface area (TPSA) is 26.0 Å². The van der Waals surface area contributed by atoms with E-state index in [-0.39, 0.29) is 6.04 Å². The van der Waals surface area contributed by atoms with Gasteiger partial charge in [0.25, 0.3) is 0 Å². The van der Waals surface area contributed by atoms with Crippen molar-refractivity contribution in [3.63, 3.8) is 0 Å². The van der Waals surface area contributed by atoms with E-state index in [1.807, 2.05) is 0 Å². The second kappa shape index (κ2) is 3.97. The van der Waals surface area contributed by atoms with Crippen molar-refractivity contribution in [2.45, 2.75) is 31.2 Å². The summed E-state index contributed by atoms with van der Waals surface area (Å²) in [5.41, 5.74) is 8.59. The smallest absolute Gasteiger partial charge is 0.0256 e. The Labute approximate surface area is 85.6 Å². The fourth-order valence-corrected chi connectivity index (χ4v) is 2.24. The van der Waals surface area contributed by atoms with Crippen molar-refractivity contribution >= 4 is 0 Å². The first-order valence-corrected chi connectivity index (χ1v) is 5.28. The van der Waals surface area contributed by atoms with E-state index in [9.17, 15) is 0 Å². The molecule has 0 spiro atoms. The summed E-state index contributed by atoms with van der Waals surface area (Å²) < 4.78 is 0. The molecule has 0 bridgehead atoms. The van der Waals surface area contributed by atoms with Crippen LogP contribution >= 0.6 is 0 Å². The summed E-state index contributed by atoms with van der Waals surface area (Å²) in [7, 11) is 0. The summed E-state index contributed by atoms with van der Waals surface area (Å²) in [5.74, 6) is 0.486. The van der Waals surface area contributed by atoms with Crippen molar-refractivity contribution in [2.24, 2.45) is 5.73 Å². The monoisotopic (exact) mass is 187 g/mol. The second-order valence-electron chi connectivity index (χ2n) is 4.08. The van der Waals surface area contributed by atoms with Gasteiger partial charge >= 0.3 is 0 Å². The Morgan fingerprint density at radius 1 is 1.14 bits per heavy atom. The molecule has 0 radical (unpaired) electrons. The molecule has 0 amide bonds. The quantitative estimate of drug-likeness (QED) is 0.672. The number of hydrogen-bond acceptors (Lipinski definition) is 1. The molecule has 2 rings (SSSR count). The Kier molecular flexibility index (Phi) is 2.69. The highest BCUT2D eigenvalue weighted by atomic mass is 14.6. The molecule has 1 fully saturated rings. The van der Waals surface area contributed by atoms with Gasteiger partial charge in [0.05, 0.1) is 0 Å². The molecule has 0 aliphatic heterocycles. The molecule has 1 aliphatic rings. The first-order valence-electron chi connectivity index (χ1n) is 5.28. The van der Waals surface area contributed by atoms with Crippen molar-refractivity contribution in [3.8, 4) is 0 Å². The lowest BCUT2D eigenvalue weighted by atomic mass is 9.78. The van der Waals surface area contributed by atoms with Gasteiger partial charge in [-0.25, -0.2) is 0 Å². The van der Waals surface area contributed by atoms with Crippen LogP contribution in [-0.4, -0.2) is 6.04 Å². The zero-order valence-corrected chi connectivity index (χ0v) is 8.45. The van der Waals surface area contributed by atoms with Crippen LogP contribution in [-0.2, 0) is 0 Å². The third-order valence-electron chi connectivity index (χ3n) is 3.13. The van der Waals surface area contributed by atoms with Crippen LogP contribution in [0.1, 0.15) is 30.7 Å². The lowest BCUT2D eigenvalue weighted by Gasteiger charge is -2.29. The van der Waals surface area contributed by atoms with Crippen LogP contribution in [0.2, 0.25) is 0 Å². The molecule has 14 heavy (non-hydrogen) atoms. The number of hydrogen-bond donors (Lipinski definition) is 1. The van der Waals surface area contributed by atoms with E-state index in [0.29, 0.717) is 5.92 Å². The molecular weight excluding hydrogens is 170 g/mol. The zero-order valence-electron chi connectivity index (χ0n) is 8.45. The Balaban J connectivity index is 2.22. The summed E-state index contributed by atoms with van der Waals surface area (Å²) in [6.45, 7) is 4.13. The van der Waals surface area contributed by atoms with E-state index in [4.69, 9.17) is 5.73 Å². The summed E-state index contributed by atoms with van der Waals surface area (Å²) in [4.78, 5) is 0. The van der Waals surface area contributed by atoms with Gasteiger partial charge in [0, 0.05) is 12.0 Å². The molecule has 0 saturated heterocycles. The third-order valence-corrected chi connectivity index (χ3v) is 3.13. The van der Waals surface area contributed by atoms with E-state index in [1.54, 1.807) is 0 Å². The van der Waals surface area contributed by atoms with Gasteiger partial charge in [-0.2, -0.15) is 0 Å². The van der Waals surface area contributed by atoms with Crippen LogP contribution in [0, 0.1) is 0 Å². The molecule has 2 N–H and O–H groups in total. The van der Waals surface area contributed by atoms with Gasteiger partial charge in [0.15, 0.2) is 0 Å². The Morgan fingerprint density at radius 3 is 2.57 bits per heavy atom. The first-order chi connectivity index (χ1) is 6.79. The molecule has 1 aliphatic carbocycles. The molecule has 74 valence electrons. The first kappa shape index (κ1) is 9.47. The highest BCUT2D eigenvalue weighted by Gasteiger charge is 2.24. The van der Waals surface area contributed by atoms with Gasteiger partial charge in [0.1, 0.15) is 0 Å². The predicted octanol–water partition coefficient (Wildman–Crippen LogP) is 2.84. The molecular formula is C13H17N. The fraction of sp³-hybridized carbons (Fsp3) is 0.385. The number of benzene rings is 1.